The highest BCUT2D eigenvalue weighted by Crippen LogP contribution is 2.17. The summed E-state index contributed by atoms with van der Waals surface area (Å²) in [5.74, 6) is 0.0587. The average Bonchev–Trinajstić information content (AvgIpc) is 2.98. The van der Waals surface area contributed by atoms with Crippen molar-refractivity contribution in [1.29, 1.82) is 0 Å². The molecule has 6 N–H and O–H groups in total. The molecule has 0 aliphatic rings. The number of hydrogen-bond donors (Lipinski definition) is 5. The molecule has 2 aromatic heterocycles. The summed E-state index contributed by atoms with van der Waals surface area (Å²) >= 11 is 0. The van der Waals surface area contributed by atoms with Crippen LogP contribution >= 0.6 is 0 Å². The van der Waals surface area contributed by atoms with Crippen LogP contribution in [0.25, 0.3) is 11.0 Å². The number of benzene rings is 1. The lowest BCUT2D eigenvalue weighted by atomic mass is 10.2. The molecule has 0 amide bonds. The summed E-state index contributed by atoms with van der Waals surface area (Å²) in [6.45, 7) is 1.01. The highest BCUT2D eigenvalue weighted by atomic mass is 16.3. The van der Waals surface area contributed by atoms with Crippen LogP contribution in [-0.2, 0) is 13.1 Å². The van der Waals surface area contributed by atoms with Crippen molar-refractivity contribution in [3.8, 4) is 0 Å². The summed E-state index contributed by atoms with van der Waals surface area (Å²) in [4.78, 5) is 23.5. The minimum atomic E-state index is -0.852. The first-order chi connectivity index (χ1) is 12.1. The maximum absolute atomic E-state index is 11.9. The smallest absolute Gasteiger partial charge is 0.276 e. The van der Waals surface area contributed by atoms with Gasteiger partial charge in [-0.15, -0.1) is 0 Å². The van der Waals surface area contributed by atoms with Crippen LogP contribution in [0.3, 0.4) is 0 Å². The Bertz CT molecular complexity index is 890. The molecule has 8 nitrogen and oxygen atoms in total. The molecule has 0 saturated carbocycles. The second-order valence-corrected chi connectivity index (χ2v) is 5.98. The maximum atomic E-state index is 11.9. The van der Waals surface area contributed by atoms with E-state index >= 15 is 0 Å². The fraction of sp³-hybridized carbons (Fsp3) is 0.294. The minimum absolute atomic E-state index is 0.0587. The Labute approximate surface area is 143 Å². The molecule has 132 valence electrons. The van der Waals surface area contributed by atoms with Gasteiger partial charge in [-0.05, 0) is 5.56 Å². The molecule has 2 heterocycles. The monoisotopic (exact) mass is 343 g/mol. The van der Waals surface area contributed by atoms with E-state index in [0.717, 1.165) is 11.1 Å². The van der Waals surface area contributed by atoms with E-state index in [1.54, 1.807) is 6.20 Å². The molecular formula is C17H21N5O3. The van der Waals surface area contributed by atoms with E-state index in [9.17, 15) is 9.90 Å². The van der Waals surface area contributed by atoms with Crippen molar-refractivity contribution in [2.75, 3.05) is 18.9 Å². The average molecular weight is 343 g/mol. The number of aliphatic hydroxyl groups excluding tert-OH is 2. The maximum Gasteiger partial charge on any atom is 0.276 e. The zero-order chi connectivity index (χ0) is 17.8. The molecule has 0 spiro atoms. The summed E-state index contributed by atoms with van der Waals surface area (Å²) in [6, 6.07) is 9.82. The first kappa shape index (κ1) is 17.2. The standard InChI is InChI=1S/C17H21N5O3/c18-17-20-14-12(6-19-15(14)16(25)21-17)8-22(9-13(24)10-23)7-11-4-2-1-3-5-11/h1-6,13,19,23-24H,7-10H2,(H3,18,20,21,25)/t13-/m1/s1. The van der Waals surface area contributed by atoms with Gasteiger partial charge >= 0.3 is 0 Å². The van der Waals surface area contributed by atoms with E-state index < -0.39 is 6.10 Å². The zero-order valence-corrected chi connectivity index (χ0v) is 13.6. The first-order valence-electron chi connectivity index (χ1n) is 7.97. The highest BCUT2D eigenvalue weighted by molar-refractivity contribution is 5.78. The highest BCUT2D eigenvalue weighted by Gasteiger charge is 2.16. The van der Waals surface area contributed by atoms with E-state index in [2.05, 4.69) is 15.0 Å². The van der Waals surface area contributed by atoms with Crippen LogP contribution in [0.5, 0.6) is 0 Å². The number of aliphatic hydroxyl groups is 2. The lowest BCUT2D eigenvalue weighted by Crippen LogP contribution is -2.33. The van der Waals surface area contributed by atoms with Crippen molar-refractivity contribution >= 4 is 17.0 Å². The van der Waals surface area contributed by atoms with Gasteiger partial charge in [0.2, 0.25) is 5.95 Å². The lowest BCUT2D eigenvalue weighted by molar-refractivity contribution is 0.0543. The van der Waals surface area contributed by atoms with Crippen molar-refractivity contribution in [2.45, 2.75) is 19.2 Å². The number of H-pyrrole nitrogens is 2. The Kier molecular flexibility index (Phi) is 5.13. The molecule has 0 aliphatic heterocycles. The van der Waals surface area contributed by atoms with Crippen LogP contribution in [0, 0.1) is 0 Å². The van der Waals surface area contributed by atoms with E-state index in [0.29, 0.717) is 24.1 Å². The van der Waals surface area contributed by atoms with Crippen molar-refractivity contribution in [2.24, 2.45) is 0 Å². The number of rotatable bonds is 7. The third kappa shape index (κ3) is 4.05. The Morgan fingerprint density at radius 2 is 2.00 bits per heavy atom. The van der Waals surface area contributed by atoms with Crippen molar-refractivity contribution < 1.29 is 10.2 Å². The van der Waals surface area contributed by atoms with Gasteiger partial charge in [0.05, 0.1) is 12.7 Å². The molecule has 1 atom stereocenters. The van der Waals surface area contributed by atoms with Crippen LogP contribution in [0.4, 0.5) is 5.95 Å². The number of nitrogens with zero attached hydrogens (tertiary/aromatic N) is 2. The fourth-order valence-corrected chi connectivity index (χ4v) is 2.83. The third-order valence-electron chi connectivity index (χ3n) is 3.96. The molecular weight excluding hydrogens is 322 g/mol. The lowest BCUT2D eigenvalue weighted by Gasteiger charge is -2.24. The molecule has 0 fully saturated rings. The predicted molar refractivity (Wildman–Crippen MR) is 94.8 cm³/mol. The summed E-state index contributed by atoms with van der Waals surface area (Å²) in [6.07, 6.45) is 0.866. The second-order valence-electron chi connectivity index (χ2n) is 5.98. The van der Waals surface area contributed by atoms with Crippen LogP contribution in [0.15, 0.2) is 41.3 Å². The van der Waals surface area contributed by atoms with Crippen molar-refractivity contribution in [3.05, 3.63) is 58.0 Å². The Balaban J connectivity index is 1.88. The molecule has 0 aliphatic carbocycles. The molecule has 0 saturated heterocycles. The molecule has 0 radical (unpaired) electrons. The van der Waals surface area contributed by atoms with Gasteiger partial charge in [-0.25, -0.2) is 4.98 Å². The van der Waals surface area contributed by atoms with Crippen LogP contribution in [-0.4, -0.2) is 49.3 Å². The molecule has 3 rings (SSSR count). The minimum Gasteiger partial charge on any atom is -0.394 e. The molecule has 1 aromatic carbocycles. The quantitative estimate of drug-likeness (QED) is 0.416. The number of fused-ring (bicyclic) bond motifs is 1. The van der Waals surface area contributed by atoms with Gasteiger partial charge in [-0.3, -0.25) is 14.7 Å². The van der Waals surface area contributed by atoms with E-state index in [1.807, 2.05) is 35.2 Å². The van der Waals surface area contributed by atoms with E-state index in [1.165, 1.54) is 0 Å². The summed E-state index contributed by atoms with van der Waals surface area (Å²) in [7, 11) is 0. The largest absolute Gasteiger partial charge is 0.394 e. The van der Waals surface area contributed by atoms with Gasteiger partial charge in [0, 0.05) is 31.4 Å². The Morgan fingerprint density at radius 1 is 1.24 bits per heavy atom. The van der Waals surface area contributed by atoms with E-state index in [-0.39, 0.29) is 24.7 Å². The molecule has 25 heavy (non-hydrogen) atoms. The van der Waals surface area contributed by atoms with Gasteiger partial charge in [0.1, 0.15) is 11.0 Å². The summed E-state index contributed by atoms with van der Waals surface area (Å²) in [5.41, 5.74) is 8.08. The normalized spacial score (nSPS) is 12.8. The van der Waals surface area contributed by atoms with Gasteiger partial charge in [0.15, 0.2) is 0 Å². The first-order valence-corrected chi connectivity index (χ1v) is 7.97. The summed E-state index contributed by atoms with van der Waals surface area (Å²) in [5, 5.41) is 19.0. The van der Waals surface area contributed by atoms with Crippen LogP contribution < -0.4 is 11.3 Å². The fourth-order valence-electron chi connectivity index (χ4n) is 2.83. The van der Waals surface area contributed by atoms with Gasteiger partial charge in [-0.1, -0.05) is 30.3 Å². The van der Waals surface area contributed by atoms with Crippen LogP contribution in [0.1, 0.15) is 11.1 Å². The second kappa shape index (κ2) is 7.47. The van der Waals surface area contributed by atoms with Crippen molar-refractivity contribution in [3.63, 3.8) is 0 Å². The van der Waals surface area contributed by atoms with Crippen LogP contribution in [0.2, 0.25) is 0 Å². The number of aromatic nitrogens is 3. The number of nitrogens with two attached hydrogens (primary N) is 1. The van der Waals surface area contributed by atoms with Gasteiger partial charge < -0.3 is 20.9 Å². The van der Waals surface area contributed by atoms with E-state index in [4.69, 9.17) is 10.8 Å². The Morgan fingerprint density at radius 3 is 2.72 bits per heavy atom. The number of hydrogen-bond acceptors (Lipinski definition) is 6. The topological polar surface area (TPSA) is 131 Å². The van der Waals surface area contributed by atoms with Gasteiger partial charge in [-0.2, -0.15) is 0 Å². The third-order valence-corrected chi connectivity index (χ3v) is 3.96. The molecule has 0 unspecified atom stereocenters. The number of nitrogen functional groups attached to an aromatic ring is 1. The number of aromatic amines is 2. The number of anilines is 1. The zero-order valence-electron chi connectivity index (χ0n) is 13.6. The SMILES string of the molecule is Nc1nc2c(CN(Cc3ccccc3)C[C@@H](O)CO)c[nH]c2c(=O)[nH]1. The van der Waals surface area contributed by atoms with Crippen molar-refractivity contribution in [1.82, 2.24) is 19.9 Å². The molecule has 8 heteroatoms. The van der Waals surface area contributed by atoms with Gasteiger partial charge in [0.25, 0.3) is 5.56 Å². The molecule has 3 aromatic rings. The Hall–Kier alpha value is -2.68. The summed E-state index contributed by atoms with van der Waals surface area (Å²) < 4.78 is 0. The molecule has 0 bridgehead atoms. The predicted octanol–water partition coefficient (Wildman–Crippen LogP) is 0.189. The number of nitrogens with one attached hydrogen (secondary N) is 2.